The number of carbonyl (C=O) groups excluding carboxylic acids is 1. The van der Waals surface area contributed by atoms with Crippen molar-refractivity contribution in [2.24, 2.45) is 0 Å². The van der Waals surface area contributed by atoms with Gasteiger partial charge in [-0.1, -0.05) is 41.7 Å². The Morgan fingerprint density at radius 3 is 2.60 bits per heavy atom. The van der Waals surface area contributed by atoms with E-state index in [2.05, 4.69) is 15.0 Å². The zero-order valence-corrected chi connectivity index (χ0v) is 17.1. The fourth-order valence-electron chi connectivity index (χ4n) is 3.70. The van der Waals surface area contributed by atoms with Gasteiger partial charge in [0.15, 0.2) is 22.2 Å². The van der Waals surface area contributed by atoms with Gasteiger partial charge in [0.25, 0.3) is 5.56 Å². The molecule has 152 valence electrons. The highest BCUT2D eigenvalue weighted by Gasteiger charge is 2.23. The van der Waals surface area contributed by atoms with E-state index in [4.69, 9.17) is 4.42 Å². The van der Waals surface area contributed by atoms with E-state index in [1.165, 1.54) is 22.4 Å². The van der Waals surface area contributed by atoms with Crippen LogP contribution in [0.5, 0.6) is 0 Å². The summed E-state index contributed by atoms with van der Waals surface area (Å²) in [6.07, 6.45) is 5.03. The molecule has 0 aliphatic carbocycles. The maximum absolute atomic E-state index is 13.2. The summed E-state index contributed by atoms with van der Waals surface area (Å²) in [6, 6.07) is 12.5. The number of fused-ring (bicyclic) bond motifs is 1. The van der Waals surface area contributed by atoms with Crippen molar-refractivity contribution in [1.29, 1.82) is 0 Å². The van der Waals surface area contributed by atoms with Crippen LogP contribution in [-0.2, 0) is 6.54 Å². The summed E-state index contributed by atoms with van der Waals surface area (Å²) < 4.78 is 7.47. The number of nitrogens with zero attached hydrogens (tertiary/aromatic N) is 4. The van der Waals surface area contributed by atoms with Crippen LogP contribution in [0.15, 0.2) is 57.9 Å². The molecule has 30 heavy (non-hydrogen) atoms. The second-order valence-corrected chi connectivity index (χ2v) is 8.28. The van der Waals surface area contributed by atoms with Crippen LogP contribution in [0.4, 0.5) is 5.13 Å². The summed E-state index contributed by atoms with van der Waals surface area (Å²) in [5.74, 6) is 0.371. The topological polar surface area (TPSA) is 81.2 Å². The van der Waals surface area contributed by atoms with Crippen molar-refractivity contribution in [2.75, 3.05) is 18.0 Å². The SMILES string of the molecule is O=C(Cn1nc(-c2ccco2)c2sc(N3CCCCC3)nc2c1=O)c1ccccc1. The third-order valence-electron chi connectivity index (χ3n) is 5.26. The number of furan rings is 1. The lowest BCUT2D eigenvalue weighted by Gasteiger charge is -2.25. The largest absolute Gasteiger partial charge is 0.463 e. The number of ketones is 1. The number of aromatic nitrogens is 3. The predicted molar refractivity (Wildman–Crippen MR) is 116 cm³/mol. The normalized spacial score (nSPS) is 14.3. The zero-order chi connectivity index (χ0) is 20.5. The number of carbonyl (C=O) groups is 1. The smallest absolute Gasteiger partial charge is 0.294 e. The van der Waals surface area contributed by atoms with Crippen molar-refractivity contribution in [3.8, 4) is 11.5 Å². The Kier molecular flexibility index (Phi) is 4.92. The first-order valence-electron chi connectivity index (χ1n) is 9.99. The van der Waals surface area contributed by atoms with Gasteiger partial charge in [0, 0.05) is 18.7 Å². The second kappa shape index (κ2) is 7.87. The molecule has 1 fully saturated rings. The third kappa shape index (κ3) is 3.43. The van der Waals surface area contributed by atoms with E-state index in [-0.39, 0.29) is 17.9 Å². The van der Waals surface area contributed by atoms with Crippen molar-refractivity contribution in [2.45, 2.75) is 25.8 Å². The Morgan fingerprint density at radius 2 is 1.87 bits per heavy atom. The molecule has 0 N–H and O–H groups in total. The van der Waals surface area contributed by atoms with Crippen molar-refractivity contribution in [3.63, 3.8) is 0 Å². The van der Waals surface area contributed by atoms with Crippen LogP contribution in [0.2, 0.25) is 0 Å². The Hall–Kier alpha value is -3.26. The van der Waals surface area contributed by atoms with Crippen LogP contribution < -0.4 is 10.5 Å². The monoisotopic (exact) mass is 420 g/mol. The Morgan fingerprint density at radius 1 is 1.07 bits per heavy atom. The maximum Gasteiger partial charge on any atom is 0.294 e. The lowest BCUT2D eigenvalue weighted by Crippen LogP contribution is -2.29. The van der Waals surface area contributed by atoms with Gasteiger partial charge in [-0.25, -0.2) is 9.67 Å². The second-order valence-electron chi connectivity index (χ2n) is 7.30. The number of anilines is 1. The minimum atomic E-state index is -0.357. The average Bonchev–Trinajstić information content (AvgIpc) is 3.48. The number of hydrogen-bond donors (Lipinski definition) is 0. The van der Waals surface area contributed by atoms with E-state index in [1.807, 2.05) is 6.07 Å². The first kappa shape index (κ1) is 18.7. The minimum Gasteiger partial charge on any atom is -0.463 e. The lowest BCUT2D eigenvalue weighted by atomic mass is 10.1. The van der Waals surface area contributed by atoms with Crippen LogP contribution in [0.3, 0.4) is 0 Å². The molecule has 1 aliphatic heterocycles. The molecule has 8 heteroatoms. The minimum absolute atomic E-state index is 0.150. The van der Waals surface area contributed by atoms with E-state index < -0.39 is 0 Å². The molecule has 0 amide bonds. The maximum atomic E-state index is 13.2. The van der Waals surface area contributed by atoms with E-state index in [1.54, 1.807) is 42.7 Å². The van der Waals surface area contributed by atoms with E-state index in [0.717, 1.165) is 31.1 Å². The average molecular weight is 420 g/mol. The fourth-order valence-corrected chi connectivity index (χ4v) is 4.80. The summed E-state index contributed by atoms with van der Waals surface area (Å²) >= 11 is 1.46. The molecule has 1 saturated heterocycles. The van der Waals surface area contributed by atoms with Crippen molar-refractivity contribution in [3.05, 3.63) is 64.6 Å². The van der Waals surface area contributed by atoms with Crippen molar-refractivity contribution >= 4 is 32.5 Å². The van der Waals surface area contributed by atoms with Gasteiger partial charge in [-0.05, 0) is 31.4 Å². The summed E-state index contributed by atoms with van der Waals surface area (Å²) in [5.41, 5.74) is 1.06. The zero-order valence-electron chi connectivity index (χ0n) is 16.3. The highest BCUT2D eigenvalue weighted by Crippen LogP contribution is 2.34. The predicted octanol–water partition coefficient (Wildman–Crippen LogP) is 3.99. The van der Waals surface area contributed by atoms with Gasteiger partial charge in [-0.3, -0.25) is 9.59 Å². The number of piperidine rings is 1. The molecule has 7 nitrogen and oxygen atoms in total. The first-order valence-corrected chi connectivity index (χ1v) is 10.8. The molecule has 4 aromatic rings. The van der Waals surface area contributed by atoms with E-state index >= 15 is 0 Å². The van der Waals surface area contributed by atoms with Gasteiger partial charge in [0.05, 0.1) is 11.0 Å². The quantitative estimate of drug-likeness (QED) is 0.454. The number of hydrogen-bond acceptors (Lipinski definition) is 7. The van der Waals surface area contributed by atoms with Gasteiger partial charge in [0.1, 0.15) is 12.2 Å². The van der Waals surface area contributed by atoms with Crippen LogP contribution in [0.1, 0.15) is 29.6 Å². The van der Waals surface area contributed by atoms with Gasteiger partial charge >= 0.3 is 0 Å². The van der Waals surface area contributed by atoms with Gasteiger partial charge in [0.2, 0.25) is 0 Å². The van der Waals surface area contributed by atoms with E-state index in [9.17, 15) is 9.59 Å². The highest BCUT2D eigenvalue weighted by atomic mass is 32.1. The first-order chi connectivity index (χ1) is 14.7. The van der Waals surface area contributed by atoms with Crippen LogP contribution in [0.25, 0.3) is 21.7 Å². The van der Waals surface area contributed by atoms with Crippen LogP contribution >= 0.6 is 11.3 Å². The molecule has 1 aromatic carbocycles. The van der Waals surface area contributed by atoms with Crippen LogP contribution in [-0.4, -0.2) is 33.6 Å². The summed E-state index contributed by atoms with van der Waals surface area (Å²) in [6.45, 7) is 1.72. The molecular weight excluding hydrogens is 400 g/mol. The molecule has 0 saturated carbocycles. The molecule has 0 spiro atoms. The number of rotatable bonds is 5. The van der Waals surface area contributed by atoms with Crippen LogP contribution in [0, 0.1) is 0 Å². The lowest BCUT2D eigenvalue weighted by molar-refractivity contribution is 0.0966. The third-order valence-corrected chi connectivity index (χ3v) is 6.38. The molecule has 3 aromatic heterocycles. The number of benzene rings is 1. The van der Waals surface area contributed by atoms with Gasteiger partial charge in [-0.15, -0.1) is 0 Å². The molecule has 0 bridgehead atoms. The standard InChI is InChI=1S/C22H20N4O3S/c27-16(15-8-3-1-4-9-15)14-26-21(28)19-20(18(24-26)17-10-7-13-29-17)30-22(23-19)25-11-5-2-6-12-25/h1,3-4,7-10,13H,2,5-6,11-12,14H2. The van der Waals surface area contributed by atoms with Crippen molar-refractivity contribution in [1.82, 2.24) is 14.8 Å². The molecule has 4 heterocycles. The molecular formula is C22H20N4O3S. The Balaban J connectivity index is 1.62. The molecule has 0 radical (unpaired) electrons. The summed E-state index contributed by atoms with van der Waals surface area (Å²) in [4.78, 5) is 32.7. The highest BCUT2D eigenvalue weighted by molar-refractivity contribution is 7.22. The van der Waals surface area contributed by atoms with Crippen molar-refractivity contribution < 1.29 is 9.21 Å². The Bertz CT molecular complexity index is 1240. The van der Waals surface area contributed by atoms with Gasteiger partial charge in [-0.2, -0.15) is 5.10 Å². The number of Topliss-reactive ketones (excluding diaryl/α,β-unsaturated/α-hetero) is 1. The fraction of sp³-hybridized carbons (Fsp3) is 0.273. The molecule has 0 atom stereocenters. The van der Waals surface area contributed by atoms with Gasteiger partial charge < -0.3 is 9.32 Å². The summed E-state index contributed by atoms with van der Waals surface area (Å²) in [5, 5.41) is 5.33. The number of thiazole rings is 1. The molecule has 5 rings (SSSR count). The Labute approximate surface area is 176 Å². The molecule has 0 unspecified atom stereocenters. The summed E-state index contributed by atoms with van der Waals surface area (Å²) in [7, 11) is 0. The molecule has 1 aliphatic rings. The van der Waals surface area contributed by atoms with E-state index in [0.29, 0.717) is 27.2 Å².